The third-order valence-corrected chi connectivity index (χ3v) is 2.23. The van der Waals surface area contributed by atoms with Crippen LogP contribution in [-0.4, -0.2) is 6.29 Å². The Bertz CT molecular complexity index is 632. The predicted molar refractivity (Wildman–Crippen MR) is 63.0 cm³/mol. The van der Waals surface area contributed by atoms with Crippen molar-refractivity contribution in [3.8, 4) is 17.6 Å². The molecule has 4 heteroatoms. The average molecular weight is 241 g/mol. The molecule has 2 rings (SSSR count). The summed E-state index contributed by atoms with van der Waals surface area (Å²) < 4.78 is 18.6. The van der Waals surface area contributed by atoms with Crippen LogP contribution in [-0.2, 0) is 0 Å². The lowest BCUT2D eigenvalue weighted by Crippen LogP contribution is -1.89. The van der Waals surface area contributed by atoms with Gasteiger partial charge in [0.15, 0.2) is 0 Å². The van der Waals surface area contributed by atoms with Crippen molar-refractivity contribution in [2.45, 2.75) is 0 Å². The van der Waals surface area contributed by atoms with E-state index < -0.39 is 5.82 Å². The second-order valence-electron chi connectivity index (χ2n) is 3.58. The number of aldehydes is 1. The number of hydrogen-bond acceptors (Lipinski definition) is 3. The van der Waals surface area contributed by atoms with Gasteiger partial charge in [-0.3, -0.25) is 4.79 Å². The second-order valence-corrected chi connectivity index (χ2v) is 3.58. The summed E-state index contributed by atoms with van der Waals surface area (Å²) in [7, 11) is 0. The van der Waals surface area contributed by atoms with Crippen LogP contribution in [0, 0.1) is 17.1 Å². The molecule has 0 radical (unpaired) electrons. The van der Waals surface area contributed by atoms with Crippen molar-refractivity contribution in [1.82, 2.24) is 0 Å². The normalized spacial score (nSPS) is 9.56. The molecular formula is C14H8FNO2. The molecule has 2 aromatic carbocycles. The zero-order chi connectivity index (χ0) is 13.0. The Morgan fingerprint density at radius 1 is 1.17 bits per heavy atom. The van der Waals surface area contributed by atoms with E-state index in [0.29, 0.717) is 17.6 Å². The van der Waals surface area contributed by atoms with Gasteiger partial charge in [-0.05, 0) is 30.3 Å². The molecule has 0 saturated heterocycles. The lowest BCUT2D eigenvalue weighted by Gasteiger charge is -2.06. The van der Waals surface area contributed by atoms with Crippen LogP contribution in [0.25, 0.3) is 0 Å². The molecule has 3 nitrogen and oxygen atoms in total. The van der Waals surface area contributed by atoms with Crippen LogP contribution < -0.4 is 4.74 Å². The number of rotatable bonds is 3. The van der Waals surface area contributed by atoms with Crippen molar-refractivity contribution in [2.75, 3.05) is 0 Å². The molecule has 0 aliphatic carbocycles. The van der Waals surface area contributed by atoms with Crippen LogP contribution in [0.3, 0.4) is 0 Å². The van der Waals surface area contributed by atoms with Crippen molar-refractivity contribution < 1.29 is 13.9 Å². The first-order valence-electron chi connectivity index (χ1n) is 5.15. The minimum absolute atomic E-state index is 0.196. The van der Waals surface area contributed by atoms with E-state index >= 15 is 0 Å². The van der Waals surface area contributed by atoms with Gasteiger partial charge in [0.1, 0.15) is 23.6 Å². The van der Waals surface area contributed by atoms with E-state index in [0.717, 1.165) is 6.07 Å². The summed E-state index contributed by atoms with van der Waals surface area (Å²) in [6.45, 7) is 0. The summed E-state index contributed by atoms with van der Waals surface area (Å²) in [5, 5.41) is 8.74. The Morgan fingerprint density at radius 3 is 2.72 bits per heavy atom. The Kier molecular flexibility index (Phi) is 3.35. The molecule has 18 heavy (non-hydrogen) atoms. The molecule has 0 N–H and O–H groups in total. The summed E-state index contributed by atoms with van der Waals surface area (Å²) in [4.78, 5) is 10.6. The van der Waals surface area contributed by atoms with Gasteiger partial charge in [-0.2, -0.15) is 5.26 Å². The van der Waals surface area contributed by atoms with Crippen LogP contribution in [0.5, 0.6) is 11.5 Å². The van der Waals surface area contributed by atoms with Gasteiger partial charge >= 0.3 is 0 Å². The first kappa shape index (κ1) is 11.8. The minimum Gasteiger partial charge on any atom is -0.457 e. The monoisotopic (exact) mass is 241 g/mol. The van der Waals surface area contributed by atoms with Crippen molar-refractivity contribution in [2.24, 2.45) is 0 Å². The average Bonchev–Trinajstić information content (AvgIpc) is 2.38. The maximum absolute atomic E-state index is 13.2. The molecule has 0 saturated carbocycles. The molecule has 0 aliphatic rings. The fourth-order valence-electron chi connectivity index (χ4n) is 1.48. The van der Waals surface area contributed by atoms with Gasteiger partial charge in [-0.15, -0.1) is 0 Å². The lowest BCUT2D eigenvalue weighted by molar-refractivity contribution is 0.112. The van der Waals surface area contributed by atoms with Gasteiger partial charge in [-0.1, -0.05) is 6.07 Å². The lowest BCUT2D eigenvalue weighted by atomic mass is 10.2. The highest BCUT2D eigenvalue weighted by Gasteiger charge is 2.03. The van der Waals surface area contributed by atoms with Crippen molar-refractivity contribution in [3.63, 3.8) is 0 Å². The topological polar surface area (TPSA) is 50.1 Å². The van der Waals surface area contributed by atoms with Crippen molar-refractivity contribution >= 4 is 6.29 Å². The van der Waals surface area contributed by atoms with Gasteiger partial charge in [0, 0.05) is 11.6 Å². The standard InChI is InChI=1S/C14H8FNO2/c15-12-4-11(9-17)6-14(7-12)18-13-3-1-2-10(5-13)8-16/h1-7,9H. The smallest absolute Gasteiger partial charge is 0.150 e. The first-order valence-corrected chi connectivity index (χ1v) is 5.15. The molecule has 0 unspecified atom stereocenters. The molecule has 0 atom stereocenters. The van der Waals surface area contributed by atoms with Gasteiger partial charge in [0.25, 0.3) is 0 Å². The number of nitriles is 1. The molecule has 0 amide bonds. The van der Waals surface area contributed by atoms with Crippen LogP contribution >= 0.6 is 0 Å². The van der Waals surface area contributed by atoms with E-state index in [1.165, 1.54) is 18.2 Å². The zero-order valence-electron chi connectivity index (χ0n) is 9.26. The van der Waals surface area contributed by atoms with Crippen LogP contribution in [0.15, 0.2) is 42.5 Å². The van der Waals surface area contributed by atoms with E-state index in [4.69, 9.17) is 10.00 Å². The van der Waals surface area contributed by atoms with E-state index in [2.05, 4.69) is 0 Å². The van der Waals surface area contributed by atoms with Gasteiger partial charge < -0.3 is 4.74 Å². The largest absolute Gasteiger partial charge is 0.457 e. The Hall–Kier alpha value is -2.67. The van der Waals surface area contributed by atoms with Crippen molar-refractivity contribution in [1.29, 1.82) is 5.26 Å². The molecule has 88 valence electrons. The number of benzene rings is 2. The first-order chi connectivity index (χ1) is 8.71. The Balaban J connectivity index is 2.31. The minimum atomic E-state index is -0.550. The summed E-state index contributed by atoms with van der Waals surface area (Å²) in [5.41, 5.74) is 0.640. The highest BCUT2D eigenvalue weighted by atomic mass is 19.1. The quantitative estimate of drug-likeness (QED) is 0.774. The van der Waals surface area contributed by atoms with E-state index in [1.54, 1.807) is 18.2 Å². The second kappa shape index (κ2) is 5.11. The highest BCUT2D eigenvalue weighted by Crippen LogP contribution is 2.23. The molecule has 0 aliphatic heterocycles. The molecule has 0 bridgehead atoms. The van der Waals surface area contributed by atoms with Crippen LogP contribution in [0.1, 0.15) is 15.9 Å². The SMILES string of the molecule is N#Cc1cccc(Oc2cc(F)cc(C=O)c2)c1. The number of halogens is 1. The molecule has 0 spiro atoms. The number of carbonyl (C=O) groups excluding carboxylic acids is 1. The predicted octanol–water partition coefficient (Wildman–Crippen LogP) is 3.30. The number of hydrogen-bond donors (Lipinski definition) is 0. The fourth-order valence-corrected chi connectivity index (χ4v) is 1.48. The third kappa shape index (κ3) is 2.71. The summed E-state index contributed by atoms with van der Waals surface area (Å²) >= 11 is 0. The summed E-state index contributed by atoms with van der Waals surface area (Å²) in [6.07, 6.45) is 0.543. The van der Waals surface area contributed by atoms with E-state index in [1.807, 2.05) is 6.07 Å². The fraction of sp³-hybridized carbons (Fsp3) is 0. The molecule has 0 aromatic heterocycles. The zero-order valence-corrected chi connectivity index (χ0v) is 9.26. The summed E-state index contributed by atoms with van der Waals surface area (Å²) in [6, 6.07) is 12.2. The van der Waals surface area contributed by atoms with Crippen molar-refractivity contribution in [3.05, 3.63) is 59.4 Å². The Labute approximate surface area is 103 Å². The maximum Gasteiger partial charge on any atom is 0.150 e. The maximum atomic E-state index is 13.2. The number of ether oxygens (including phenoxy) is 1. The molecule has 2 aromatic rings. The van der Waals surface area contributed by atoms with Gasteiger partial charge in [0.2, 0.25) is 0 Å². The summed E-state index contributed by atoms with van der Waals surface area (Å²) in [5.74, 6) is 0.0785. The highest BCUT2D eigenvalue weighted by molar-refractivity contribution is 5.75. The number of carbonyl (C=O) groups is 1. The van der Waals surface area contributed by atoms with Gasteiger partial charge in [-0.25, -0.2) is 4.39 Å². The molecule has 0 fully saturated rings. The molecular weight excluding hydrogens is 233 g/mol. The van der Waals surface area contributed by atoms with Crippen LogP contribution in [0.2, 0.25) is 0 Å². The van der Waals surface area contributed by atoms with Gasteiger partial charge in [0.05, 0.1) is 11.6 Å². The Morgan fingerprint density at radius 2 is 2.00 bits per heavy atom. The van der Waals surface area contributed by atoms with Crippen LogP contribution in [0.4, 0.5) is 4.39 Å². The van der Waals surface area contributed by atoms with E-state index in [9.17, 15) is 9.18 Å². The third-order valence-electron chi connectivity index (χ3n) is 2.23. The molecule has 0 heterocycles. The number of nitrogens with zero attached hydrogens (tertiary/aromatic N) is 1. The van der Waals surface area contributed by atoms with E-state index in [-0.39, 0.29) is 11.3 Å².